The minimum atomic E-state index is -2.54. The second kappa shape index (κ2) is 9.37. The van der Waals surface area contributed by atoms with Crippen LogP contribution < -0.4 is 0 Å². The van der Waals surface area contributed by atoms with E-state index in [9.17, 15) is 0 Å². The molecule has 1 atom stereocenters. The van der Waals surface area contributed by atoms with E-state index >= 15 is 0 Å². The SMILES string of the molecule is CCCCCC(C)(S)O[Si](CC)(OCC)OCC. The highest BCUT2D eigenvalue weighted by atomic mass is 32.1. The molecule has 0 saturated heterocycles. The Kier molecular flexibility index (Phi) is 9.60. The molecule has 0 aromatic heterocycles. The lowest BCUT2D eigenvalue weighted by atomic mass is 10.1. The molecular formula is C13H30O3SSi. The van der Waals surface area contributed by atoms with Crippen molar-refractivity contribution in [1.82, 2.24) is 0 Å². The standard InChI is InChI=1S/C13H30O3SSi/c1-6-10-11-12-13(5,17)16-18(9-4,14-7-2)15-8-3/h17H,6-12H2,1-5H3. The Morgan fingerprint density at radius 3 is 1.94 bits per heavy atom. The molecule has 1 unspecified atom stereocenters. The molecule has 0 bridgehead atoms. The van der Waals surface area contributed by atoms with Crippen LogP contribution in [-0.2, 0) is 13.3 Å². The maximum Gasteiger partial charge on any atom is 0.501 e. The van der Waals surface area contributed by atoms with E-state index in [4.69, 9.17) is 13.3 Å². The van der Waals surface area contributed by atoms with Crippen molar-refractivity contribution in [2.24, 2.45) is 0 Å². The minimum absolute atomic E-state index is 0.457. The van der Waals surface area contributed by atoms with E-state index in [0.29, 0.717) is 13.2 Å². The lowest BCUT2D eigenvalue weighted by Gasteiger charge is -2.36. The van der Waals surface area contributed by atoms with Crippen LogP contribution in [0.1, 0.15) is 60.3 Å². The molecule has 0 N–H and O–H groups in total. The monoisotopic (exact) mass is 294 g/mol. The first-order valence-electron chi connectivity index (χ1n) is 7.15. The number of hydrogen-bond acceptors (Lipinski definition) is 4. The molecule has 0 fully saturated rings. The summed E-state index contributed by atoms with van der Waals surface area (Å²) in [6, 6.07) is 0.790. The van der Waals surface area contributed by atoms with Crippen molar-refractivity contribution >= 4 is 21.4 Å². The first-order valence-corrected chi connectivity index (χ1v) is 9.53. The van der Waals surface area contributed by atoms with E-state index in [2.05, 4.69) is 26.5 Å². The molecular weight excluding hydrogens is 264 g/mol. The van der Waals surface area contributed by atoms with Crippen molar-refractivity contribution in [3.63, 3.8) is 0 Å². The smallest absolute Gasteiger partial charge is 0.374 e. The lowest BCUT2D eigenvalue weighted by molar-refractivity contribution is 0.0220. The normalized spacial score (nSPS) is 15.7. The van der Waals surface area contributed by atoms with E-state index < -0.39 is 13.7 Å². The average molecular weight is 295 g/mol. The van der Waals surface area contributed by atoms with Gasteiger partial charge in [-0.15, -0.1) is 12.6 Å². The van der Waals surface area contributed by atoms with Crippen LogP contribution >= 0.6 is 12.6 Å². The summed E-state index contributed by atoms with van der Waals surface area (Å²) >= 11 is 4.65. The van der Waals surface area contributed by atoms with E-state index in [1.54, 1.807) is 0 Å². The van der Waals surface area contributed by atoms with Gasteiger partial charge in [0.2, 0.25) is 0 Å². The first-order chi connectivity index (χ1) is 8.45. The van der Waals surface area contributed by atoms with Gasteiger partial charge in [0.05, 0.1) is 0 Å². The highest BCUT2D eigenvalue weighted by Gasteiger charge is 2.43. The molecule has 0 aliphatic carbocycles. The van der Waals surface area contributed by atoms with E-state index in [1.807, 2.05) is 20.8 Å². The van der Waals surface area contributed by atoms with Crippen LogP contribution in [0.2, 0.25) is 6.04 Å². The Balaban J connectivity index is 4.51. The fourth-order valence-corrected chi connectivity index (χ4v) is 4.89. The molecule has 0 aromatic carbocycles. The van der Waals surface area contributed by atoms with Crippen LogP contribution in [0.3, 0.4) is 0 Å². The second-order valence-corrected chi connectivity index (χ2v) is 8.44. The van der Waals surface area contributed by atoms with Gasteiger partial charge in [-0.1, -0.05) is 26.7 Å². The van der Waals surface area contributed by atoms with Crippen LogP contribution in [0, 0.1) is 0 Å². The van der Waals surface area contributed by atoms with Gasteiger partial charge in [-0.25, -0.2) is 0 Å². The summed E-state index contributed by atoms with van der Waals surface area (Å²) in [6.07, 6.45) is 4.47. The quantitative estimate of drug-likeness (QED) is 0.267. The summed E-state index contributed by atoms with van der Waals surface area (Å²) in [5.41, 5.74) is 0. The molecule has 0 aliphatic rings. The third-order valence-corrected chi connectivity index (χ3v) is 6.35. The number of rotatable bonds is 11. The summed E-state index contributed by atoms with van der Waals surface area (Å²) in [6.45, 7) is 11.5. The van der Waals surface area contributed by atoms with Gasteiger partial charge < -0.3 is 13.3 Å². The van der Waals surface area contributed by atoms with E-state index in [1.165, 1.54) is 12.8 Å². The summed E-state index contributed by atoms with van der Waals surface area (Å²) in [4.78, 5) is -0.457. The largest absolute Gasteiger partial charge is 0.501 e. The van der Waals surface area contributed by atoms with Gasteiger partial charge >= 0.3 is 8.80 Å². The van der Waals surface area contributed by atoms with Gasteiger partial charge in [-0.05, 0) is 33.6 Å². The molecule has 0 rings (SSSR count). The highest BCUT2D eigenvalue weighted by molar-refractivity contribution is 7.81. The summed E-state index contributed by atoms with van der Waals surface area (Å²) in [7, 11) is -2.54. The Morgan fingerprint density at radius 2 is 1.56 bits per heavy atom. The van der Waals surface area contributed by atoms with Crippen LogP contribution in [0.25, 0.3) is 0 Å². The van der Waals surface area contributed by atoms with Gasteiger partial charge in [-0.2, -0.15) is 0 Å². The van der Waals surface area contributed by atoms with Crippen LogP contribution in [0.5, 0.6) is 0 Å². The van der Waals surface area contributed by atoms with E-state index in [0.717, 1.165) is 18.9 Å². The van der Waals surface area contributed by atoms with Crippen LogP contribution in [-0.4, -0.2) is 27.0 Å². The van der Waals surface area contributed by atoms with Gasteiger partial charge in [0.15, 0.2) is 0 Å². The maximum absolute atomic E-state index is 6.16. The van der Waals surface area contributed by atoms with Gasteiger partial charge in [0.1, 0.15) is 4.93 Å². The molecule has 0 spiro atoms. The van der Waals surface area contributed by atoms with Gasteiger partial charge in [0.25, 0.3) is 0 Å². The van der Waals surface area contributed by atoms with Crippen molar-refractivity contribution in [3.05, 3.63) is 0 Å². The molecule has 3 nitrogen and oxygen atoms in total. The fraction of sp³-hybridized carbons (Fsp3) is 1.00. The van der Waals surface area contributed by atoms with Crippen LogP contribution in [0.4, 0.5) is 0 Å². The van der Waals surface area contributed by atoms with Crippen molar-refractivity contribution < 1.29 is 13.3 Å². The maximum atomic E-state index is 6.16. The summed E-state index contributed by atoms with van der Waals surface area (Å²) < 4.78 is 17.8. The molecule has 5 heteroatoms. The summed E-state index contributed by atoms with van der Waals surface area (Å²) in [5, 5.41) is 0. The zero-order valence-electron chi connectivity index (χ0n) is 12.6. The van der Waals surface area contributed by atoms with E-state index in [-0.39, 0.29) is 0 Å². The number of thiol groups is 1. The molecule has 0 aromatic rings. The highest BCUT2D eigenvalue weighted by Crippen LogP contribution is 2.30. The van der Waals surface area contributed by atoms with Gasteiger partial charge in [-0.3, -0.25) is 0 Å². The van der Waals surface area contributed by atoms with Crippen molar-refractivity contribution in [1.29, 1.82) is 0 Å². The lowest BCUT2D eigenvalue weighted by Crippen LogP contribution is -2.50. The van der Waals surface area contributed by atoms with Crippen LogP contribution in [0.15, 0.2) is 0 Å². The second-order valence-electron chi connectivity index (χ2n) is 4.64. The van der Waals surface area contributed by atoms with Crippen molar-refractivity contribution in [2.75, 3.05) is 13.2 Å². The first kappa shape index (κ1) is 18.4. The zero-order chi connectivity index (χ0) is 14.1. The molecule has 0 aliphatic heterocycles. The number of unbranched alkanes of at least 4 members (excludes halogenated alkanes) is 2. The molecule has 0 saturated carbocycles. The molecule has 0 radical (unpaired) electrons. The fourth-order valence-electron chi connectivity index (χ4n) is 1.91. The number of hydrogen-bond donors (Lipinski definition) is 1. The topological polar surface area (TPSA) is 27.7 Å². The Morgan fingerprint density at radius 1 is 1.00 bits per heavy atom. The molecule has 0 amide bonds. The van der Waals surface area contributed by atoms with Crippen molar-refractivity contribution in [2.45, 2.75) is 71.3 Å². The Bertz CT molecular complexity index is 206. The van der Waals surface area contributed by atoms with Gasteiger partial charge in [0, 0.05) is 19.3 Å². The third kappa shape index (κ3) is 7.14. The van der Waals surface area contributed by atoms with Crippen molar-refractivity contribution in [3.8, 4) is 0 Å². The predicted octanol–water partition coefficient (Wildman–Crippen LogP) is 4.26. The molecule has 0 heterocycles. The average Bonchev–Trinajstić information content (AvgIpc) is 2.29. The molecule has 18 heavy (non-hydrogen) atoms. The Hall–Kier alpha value is 0.447. The predicted molar refractivity (Wildman–Crippen MR) is 82.1 cm³/mol. The third-order valence-electron chi connectivity index (χ3n) is 2.78. The zero-order valence-corrected chi connectivity index (χ0v) is 14.5. The summed E-state index contributed by atoms with van der Waals surface area (Å²) in [5.74, 6) is 0. The molecule has 110 valence electrons. The minimum Gasteiger partial charge on any atom is -0.374 e. The Labute approximate surface area is 119 Å².